The van der Waals surface area contributed by atoms with Gasteiger partial charge in [-0.15, -0.1) is 11.3 Å². The lowest BCUT2D eigenvalue weighted by molar-refractivity contribution is 0.102. The highest BCUT2D eigenvalue weighted by Gasteiger charge is 2.21. The molecule has 0 saturated carbocycles. The van der Waals surface area contributed by atoms with Crippen molar-refractivity contribution in [2.45, 2.75) is 13.3 Å². The maximum absolute atomic E-state index is 12.9. The summed E-state index contributed by atoms with van der Waals surface area (Å²) in [6, 6.07) is 17.7. The molecule has 5 heteroatoms. The van der Waals surface area contributed by atoms with Crippen LogP contribution in [0.5, 0.6) is 0 Å². The zero-order valence-corrected chi connectivity index (χ0v) is 15.2. The van der Waals surface area contributed by atoms with E-state index in [9.17, 15) is 9.59 Å². The number of thiophene rings is 1. The van der Waals surface area contributed by atoms with Crippen LogP contribution in [0.1, 0.15) is 38.1 Å². The zero-order valence-electron chi connectivity index (χ0n) is 13.6. The second kappa shape index (κ2) is 7.64. The van der Waals surface area contributed by atoms with Crippen molar-refractivity contribution >= 4 is 39.6 Å². The Balaban J connectivity index is 1.95. The number of rotatable bonds is 5. The lowest BCUT2D eigenvalue weighted by Crippen LogP contribution is -2.13. The number of amides is 1. The van der Waals surface area contributed by atoms with Crippen LogP contribution < -0.4 is 5.32 Å². The van der Waals surface area contributed by atoms with E-state index in [0.29, 0.717) is 26.7 Å². The smallest absolute Gasteiger partial charge is 0.256 e. The van der Waals surface area contributed by atoms with Crippen LogP contribution in [0, 0.1) is 0 Å². The lowest BCUT2D eigenvalue weighted by atomic mass is 10.0. The van der Waals surface area contributed by atoms with E-state index in [0.717, 1.165) is 11.3 Å². The molecule has 2 aromatic carbocycles. The Morgan fingerprint density at radius 1 is 1.00 bits per heavy atom. The second-order valence-corrected chi connectivity index (χ2v) is 6.98. The fraction of sp³-hybridized carbons (Fsp3) is 0.100. The number of aryl methyl sites for hydroxylation is 1. The average Bonchev–Trinajstić information content (AvgIpc) is 3.05. The van der Waals surface area contributed by atoms with E-state index >= 15 is 0 Å². The SMILES string of the molecule is CCc1cc(C(=O)c2ccccc2Cl)c(NC(=O)c2ccccc2)s1. The monoisotopic (exact) mass is 369 g/mol. The summed E-state index contributed by atoms with van der Waals surface area (Å²) in [5.74, 6) is -0.428. The molecule has 1 aromatic heterocycles. The Labute approximate surface area is 155 Å². The van der Waals surface area contributed by atoms with Crippen molar-refractivity contribution in [3.8, 4) is 0 Å². The van der Waals surface area contributed by atoms with Crippen LogP contribution in [-0.4, -0.2) is 11.7 Å². The lowest BCUT2D eigenvalue weighted by Gasteiger charge is -2.07. The van der Waals surface area contributed by atoms with Gasteiger partial charge in [-0.25, -0.2) is 0 Å². The number of halogens is 1. The van der Waals surface area contributed by atoms with E-state index in [1.165, 1.54) is 11.3 Å². The van der Waals surface area contributed by atoms with Crippen molar-refractivity contribution in [3.63, 3.8) is 0 Å². The molecule has 3 rings (SSSR count). The van der Waals surface area contributed by atoms with Crippen molar-refractivity contribution in [1.29, 1.82) is 0 Å². The van der Waals surface area contributed by atoms with Gasteiger partial charge in [-0.1, -0.05) is 48.9 Å². The maximum atomic E-state index is 12.9. The molecule has 0 radical (unpaired) electrons. The number of anilines is 1. The molecule has 1 heterocycles. The molecule has 0 atom stereocenters. The topological polar surface area (TPSA) is 46.2 Å². The molecule has 0 spiro atoms. The van der Waals surface area contributed by atoms with Crippen LogP contribution in [-0.2, 0) is 6.42 Å². The van der Waals surface area contributed by atoms with Crippen LogP contribution in [0.25, 0.3) is 0 Å². The maximum Gasteiger partial charge on any atom is 0.256 e. The van der Waals surface area contributed by atoms with Crippen LogP contribution in [0.3, 0.4) is 0 Å². The van der Waals surface area contributed by atoms with Gasteiger partial charge in [0.05, 0.1) is 10.6 Å². The molecule has 0 aliphatic rings. The third kappa shape index (κ3) is 3.81. The molecule has 0 unspecified atom stereocenters. The van der Waals surface area contributed by atoms with Gasteiger partial charge in [0.25, 0.3) is 5.91 Å². The quantitative estimate of drug-likeness (QED) is 0.608. The molecule has 0 aliphatic carbocycles. The van der Waals surface area contributed by atoms with Gasteiger partial charge < -0.3 is 5.32 Å². The van der Waals surface area contributed by atoms with E-state index in [1.807, 2.05) is 19.1 Å². The van der Waals surface area contributed by atoms with Crippen molar-refractivity contribution in [2.24, 2.45) is 0 Å². The van der Waals surface area contributed by atoms with Crippen LogP contribution in [0.15, 0.2) is 60.7 Å². The summed E-state index contributed by atoms with van der Waals surface area (Å²) >= 11 is 7.57. The molecule has 1 amide bonds. The second-order valence-electron chi connectivity index (χ2n) is 5.44. The summed E-state index contributed by atoms with van der Waals surface area (Å²) in [7, 11) is 0. The summed E-state index contributed by atoms with van der Waals surface area (Å²) in [4.78, 5) is 26.4. The fourth-order valence-corrected chi connectivity index (χ4v) is 3.64. The van der Waals surface area contributed by atoms with E-state index in [4.69, 9.17) is 11.6 Å². The van der Waals surface area contributed by atoms with Gasteiger partial charge in [0.2, 0.25) is 0 Å². The molecular weight excluding hydrogens is 354 g/mol. The van der Waals surface area contributed by atoms with Crippen molar-refractivity contribution in [1.82, 2.24) is 0 Å². The van der Waals surface area contributed by atoms with Gasteiger partial charge in [-0.3, -0.25) is 9.59 Å². The van der Waals surface area contributed by atoms with Crippen molar-refractivity contribution in [3.05, 3.63) is 87.3 Å². The molecule has 0 fully saturated rings. The summed E-state index contributed by atoms with van der Waals surface area (Å²) in [5.41, 5.74) is 1.45. The van der Waals surface area contributed by atoms with Gasteiger partial charge >= 0.3 is 0 Å². The predicted molar refractivity (Wildman–Crippen MR) is 103 cm³/mol. The Morgan fingerprint density at radius 2 is 1.68 bits per heavy atom. The van der Waals surface area contributed by atoms with Gasteiger partial charge in [0.1, 0.15) is 5.00 Å². The molecule has 0 aliphatic heterocycles. The Bertz CT molecular complexity index is 918. The third-order valence-corrected chi connectivity index (χ3v) is 5.28. The number of ketones is 1. The van der Waals surface area contributed by atoms with E-state index < -0.39 is 0 Å². The van der Waals surface area contributed by atoms with Gasteiger partial charge in [0, 0.05) is 16.0 Å². The third-order valence-electron chi connectivity index (χ3n) is 3.76. The number of carbonyl (C=O) groups excluding carboxylic acids is 2. The molecule has 0 bridgehead atoms. The van der Waals surface area contributed by atoms with E-state index in [2.05, 4.69) is 5.32 Å². The van der Waals surface area contributed by atoms with Gasteiger partial charge in [-0.2, -0.15) is 0 Å². The minimum atomic E-state index is -0.238. The number of nitrogens with one attached hydrogen (secondary N) is 1. The number of carbonyl (C=O) groups is 2. The number of benzene rings is 2. The Hall–Kier alpha value is -2.43. The van der Waals surface area contributed by atoms with Gasteiger partial charge in [-0.05, 0) is 36.8 Å². The minimum absolute atomic E-state index is 0.190. The van der Waals surface area contributed by atoms with Crippen LogP contribution in [0.2, 0.25) is 5.02 Å². The highest BCUT2D eigenvalue weighted by atomic mass is 35.5. The predicted octanol–water partition coefficient (Wildman–Crippen LogP) is 5.45. The molecular formula is C20H16ClNO2S. The number of hydrogen-bond donors (Lipinski definition) is 1. The first-order valence-corrected chi connectivity index (χ1v) is 9.08. The molecule has 0 saturated heterocycles. The summed E-state index contributed by atoms with van der Waals surface area (Å²) in [6.07, 6.45) is 0.786. The number of hydrogen-bond acceptors (Lipinski definition) is 3. The standard InChI is InChI=1S/C20H16ClNO2S/c1-2-14-12-16(18(23)15-10-6-7-11-17(15)21)20(25-14)22-19(24)13-8-4-3-5-9-13/h3-12H,2H2,1H3,(H,22,24). The minimum Gasteiger partial charge on any atom is -0.313 e. The Kier molecular flexibility index (Phi) is 5.31. The first-order chi connectivity index (χ1) is 12.1. The molecule has 1 N–H and O–H groups in total. The van der Waals surface area contributed by atoms with Crippen LogP contribution in [0.4, 0.5) is 5.00 Å². The Morgan fingerprint density at radius 3 is 2.36 bits per heavy atom. The normalized spacial score (nSPS) is 10.5. The highest BCUT2D eigenvalue weighted by molar-refractivity contribution is 7.16. The average molecular weight is 370 g/mol. The molecule has 126 valence electrons. The first kappa shape index (κ1) is 17.4. The van der Waals surface area contributed by atoms with Gasteiger partial charge in [0.15, 0.2) is 5.78 Å². The van der Waals surface area contributed by atoms with E-state index in [-0.39, 0.29) is 11.7 Å². The molecule has 3 nitrogen and oxygen atoms in total. The fourth-order valence-electron chi connectivity index (χ4n) is 2.43. The summed E-state index contributed by atoms with van der Waals surface area (Å²) in [5, 5.41) is 3.82. The van der Waals surface area contributed by atoms with Crippen molar-refractivity contribution < 1.29 is 9.59 Å². The van der Waals surface area contributed by atoms with Crippen LogP contribution >= 0.6 is 22.9 Å². The zero-order chi connectivity index (χ0) is 17.8. The van der Waals surface area contributed by atoms with Crippen molar-refractivity contribution in [2.75, 3.05) is 5.32 Å². The first-order valence-electron chi connectivity index (χ1n) is 7.88. The highest BCUT2D eigenvalue weighted by Crippen LogP contribution is 2.32. The largest absolute Gasteiger partial charge is 0.313 e. The molecule has 25 heavy (non-hydrogen) atoms. The van der Waals surface area contributed by atoms with E-state index in [1.54, 1.807) is 48.5 Å². The summed E-state index contributed by atoms with van der Waals surface area (Å²) < 4.78 is 0. The summed E-state index contributed by atoms with van der Waals surface area (Å²) in [6.45, 7) is 2.01. The molecule has 3 aromatic rings.